The van der Waals surface area contributed by atoms with Crippen molar-refractivity contribution in [2.75, 3.05) is 13.1 Å². The number of alkyl carbamates (subject to hydrolysis) is 1. The van der Waals surface area contributed by atoms with E-state index in [0.717, 1.165) is 0 Å². The minimum absolute atomic E-state index is 0.0146. The van der Waals surface area contributed by atoms with Crippen molar-refractivity contribution in [1.29, 1.82) is 5.41 Å². The molecule has 1 aliphatic heterocycles. The summed E-state index contributed by atoms with van der Waals surface area (Å²) in [5.74, 6) is -1.17. The molecule has 1 aromatic heterocycles. The number of nitrogens with two attached hydrogens (primary N) is 1. The van der Waals surface area contributed by atoms with Gasteiger partial charge in [0.05, 0.1) is 13.1 Å². The third-order valence-electron chi connectivity index (χ3n) is 4.18. The summed E-state index contributed by atoms with van der Waals surface area (Å²) >= 11 is 0. The van der Waals surface area contributed by atoms with Crippen molar-refractivity contribution in [3.63, 3.8) is 0 Å². The zero-order valence-electron chi connectivity index (χ0n) is 15.5. The van der Waals surface area contributed by atoms with E-state index in [-0.39, 0.29) is 35.8 Å². The van der Waals surface area contributed by atoms with Crippen LogP contribution in [0.15, 0.2) is 30.6 Å². The first-order valence-corrected chi connectivity index (χ1v) is 8.63. The molecule has 1 saturated heterocycles. The lowest BCUT2D eigenvalue weighted by atomic mass is 10.1. The SMILES string of the molecule is CC(=O)N1CC(Oc2ncc(-c3cccc(COC(=O)NC(=N)N)c3F)cn2)C1. The summed E-state index contributed by atoms with van der Waals surface area (Å²) in [6, 6.07) is 4.76. The first-order valence-electron chi connectivity index (χ1n) is 8.63. The number of guanidine groups is 1. The molecule has 0 radical (unpaired) electrons. The Morgan fingerprint density at radius 1 is 1.34 bits per heavy atom. The summed E-state index contributed by atoms with van der Waals surface area (Å²) < 4.78 is 25.2. The van der Waals surface area contributed by atoms with Crippen LogP contribution in [0.5, 0.6) is 6.01 Å². The lowest BCUT2D eigenvalue weighted by Crippen LogP contribution is -2.55. The molecule has 3 rings (SSSR count). The van der Waals surface area contributed by atoms with Crippen molar-refractivity contribution in [2.24, 2.45) is 5.73 Å². The fraction of sp³-hybridized carbons (Fsp3) is 0.278. The van der Waals surface area contributed by atoms with Crippen molar-refractivity contribution in [1.82, 2.24) is 20.2 Å². The summed E-state index contributed by atoms with van der Waals surface area (Å²) in [6.07, 6.45) is 1.74. The molecule has 1 aromatic carbocycles. The number of hydrogen-bond donors (Lipinski definition) is 3. The topological polar surface area (TPSA) is 144 Å². The minimum Gasteiger partial charge on any atom is -0.456 e. The Hall–Kier alpha value is -3.76. The molecule has 0 saturated carbocycles. The van der Waals surface area contributed by atoms with Crippen molar-refractivity contribution in [2.45, 2.75) is 19.6 Å². The maximum atomic E-state index is 14.8. The number of hydrogen-bond acceptors (Lipinski definition) is 7. The van der Waals surface area contributed by atoms with Crippen LogP contribution in [-0.4, -0.2) is 52.0 Å². The molecule has 2 amide bonds. The zero-order chi connectivity index (χ0) is 21.0. The average Bonchev–Trinajstić information content (AvgIpc) is 2.63. The van der Waals surface area contributed by atoms with E-state index in [2.05, 4.69) is 9.97 Å². The predicted octanol–water partition coefficient (Wildman–Crippen LogP) is 1.01. The molecule has 4 N–H and O–H groups in total. The third-order valence-corrected chi connectivity index (χ3v) is 4.18. The quantitative estimate of drug-likeness (QED) is 0.500. The molecular formula is C18H19FN6O4. The van der Waals surface area contributed by atoms with Crippen molar-refractivity contribution < 1.29 is 23.5 Å². The Balaban J connectivity index is 1.64. The number of carbonyl (C=O) groups excluding carboxylic acids is 2. The number of aromatic nitrogens is 2. The molecule has 29 heavy (non-hydrogen) atoms. The summed E-state index contributed by atoms with van der Waals surface area (Å²) in [7, 11) is 0. The largest absolute Gasteiger partial charge is 0.456 e. The molecule has 2 aromatic rings. The first-order chi connectivity index (χ1) is 13.8. The summed E-state index contributed by atoms with van der Waals surface area (Å²) in [5.41, 5.74) is 5.81. The molecule has 0 atom stereocenters. The minimum atomic E-state index is -0.952. The van der Waals surface area contributed by atoms with Gasteiger partial charge in [0.15, 0.2) is 5.96 Å². The van der Waals surface area contributed by atoms with Gasteiger partial charge < -0.3 is 20.1 Å². The molecule has 0 bridgehead atoms. The lowest BCUT2D eigenvalue weighted by Gasteiger charge is -2.37. The van der Waals surface area contributed by atoms with Gasteiger partial charge >= 0.3 is 12.1 Å². The highest BCUT2D eigenvalue weighted by Crippen LogP contribution is 2.25. The molecule has 0 spiro atoms. The van der Waals surface area contributed by atoms with Crippen LogP contribution in [0.25, 0.3) is 11.1 Å². The van der Waals surface area contributed by atoms with Crippen LogP contribution in [-0.2, 0) is 16.1 Å². The van der Waals surface area contributed by atoms with Crippen LogP contribution >= 0.6 is 0 Å². The van der Waals surface area contributed by atoms with E-state index in [1.807, 2.05) is 5.32 Å². The third kappa shape index (κ3) is 4.94. The van der Waals surface area contributed by atoms with E-state index >= 15 is 0 Å². The maximum absolute atomic E-state index is 14.8. The summed E-state index contributed by atoms with van der Waals surface area (Å²) in [6.45, 7) is 2.11. The van der Waals surface area contributed by atoms with Gasteiger partial charge in [0, 0.05) is 36.0 Å². The van der Waals surface area contributed by atoms with Gasteiger partial charge in [0.1, 0.15) is 18.5 Å². The highest BCUT2D eigenvalue weighted by atomic mass is 19.1. The van der Waals surface area contributed by atoms with Crippen molar-refractivity contribution in [3.8, 4) is 17.1 Å². The van der Waals surface area contributed by atoms with Crippen molar-refractivity contribution in [3.05, 3.63) is 42.0 Å². The van der Waals surface area contributed by atoms with Gasteiger partial charge in [-0.05, 0) is 0 Å². The monoisotopic (exact) mass is 402 g/mol. The van der Waals surface area contributed by atoms with Crippen LogP contribution in [0.1, 0.15) is 12.5 Å². The van der Waals surface area contributed by atoms with E-state index in [0.29, 0.717) is 18.7 Å². The molecule has 0 aliphatic carbocycles. The molecule has 152 valence electrons. The Labute approximate surface area is 165 Å². The molecule has 10 nitrogen and oxygen atoms in total. The predicted molar refractivity (Wildman–Crippen MR) is 99.3 cm³/mol. The number of rotatable bonds is 5. The van der Waals surface area contributed by atoms with Gasteiger partial charge in [0.25, 0.3) is 0 Å². The normalized spacial score (nSPS) is 13.4. The highest BCUT2D eigenvalue weighted by Gasteiger charge is 2.30. The van der Waals surface area contributed by atoms with Gasteiger partial charge in [-0.25, -0.2) is 19.2 Å². The highest BCUT2D eigenvalue weighted by molar-refractivity contribution is 5.90. The standard InChI is InChI=1S/C18H19FN6O4/c1-10(26)25-7-13(8-25)29-17-22-5-12(6-23-17)14-4-2-3-11(15(14)19)9-28-18(27)24-16(20)21/h2-6,13H,7-9H2,1H3,(H4,20,21,24,27). The fourth-order valence-electron chi connectivity index (χ4n) is 2.64. The molecule has 0 unspecified atom stereocenters. The summed E-state index contributed by atoms with van der Waals surface area (Å²) in [4.78, 5) is 32.4. The smallest absolute Gasteiger partial charge is 0.414 e. The van der Waals surface area contributed by atoms with Gasteiger partial charge in [-0.2, -0.15) is 0 Å². The maximum Gasteiger partial charge on any atom is 0.414 e. The molecular weight excluding hydrogens is 383 g/mol. The lowest BCUT2D eigenvalue weighted by molar-refractivity contribution is -0.137. The van der Waals surface area contributed by atoms with Crippen LogP contribution in [0, 0.1) is 11.2 Å². The number of nitrogens with one attached hydrogen (secondary N) is 2. The number of nitrogens with zero attached hydrogens (tertiary/aromatic N) is 3. The number of amides is 2. The molecule has 1 aliphatic rings. The average molecular weight is 402 g/mol. The second-order valence-corrected chi connectivity index (χ2v) is 6.31. The van der Waals surface area contributed by atoms with E-state index in [1.165, 1.54) is 25.4 Å². The first kappa shape index (κ1) is 20.0. The second-order valence-electron chi connectivity index (χ2n) is 6.31. The molecule has 1 fully saturated rings. The van der Waals surface area contributed by atoms with Gasteiger partial charge in [0.2, 0.25) is 5.91 Å². The van der Waals surface area contributed by atoms with E-state index in [1.54, 1.807) is 17.0 Å². The Morgan fingerprint density at radius 3 is 2.66 bits per heavy atom. The fourth-order valence-corrected chi connectivity index (χ4v) is 2.64. The van der Waals surface area contributed by atoms with Crippen LogP contribution in [0.2, 0.25) is 0 Å². The number of halogens is 1. The Morgan fingerprint density at radius 2 is 2.03 bits per heavy atom. The van der Waals surface area contributed by atoms with Gasteiger partial charge in [-0.1, -0.05) is 18.2 Å². The van der Waals surface area contributed by atoms with E-state index < -0.39 is 17.9 Å². The van der Waals surface area contributed by atoms with E-state index in [9.17, 15) is 14.0 Å². The van der Waals surface area contributed by atoms with Crippen LogP contribution < -0.4 is 15.8 Å². The van der Waals surface area contributed by atoms with E-state index in [4.69, 9.17) is 20.6 Å². The Bertz CT molecular complexity index is 930. The van der Waals surface area contributed by atoms with Crippen molar-refractivity contribution >= 4 is 18.0 Å². The number of ether oxygens (including phenoxy) is 2. The number of benzene rings is 1. The zero-order valence-corrected chi connectivity index (χ0v) is 15.5. The van der Waals surface area contributed by atoms with Gasteiger partial charge in [-0.15, -0.1) is 0 Å². The molecule has 11 heteroatoms. The summed E-state index contributed by atoms with van der Waals surface area (Å²) in [5, 5.41) is 8.89. The van der Waals surface area contributed by atoms with Gasteiger partial charge in [-0.3, -0.25) is 15.5 Å². The van der Waals surface area contributed by atoms with Crippen LogP contribution in [0.4, 0.5) is 9.18 Å². The second kappa shape index (κ2) is 8.50. The Kier molecular flexibility index (Phi) is 5.86. The number of carbonyl (C=O) groups is 2. The molecule has 2 heterocycles. The number of likely N-dealkylation sites (tertiary alicyclic amines) is 1. The van der Waals surface area contributed by atoms with Crippen LogP contribution in [0.3, 0.4) is 0 Å².